The summed E-state index contributed by atoms with van der Waals surface area (Å²) in [4.78, 5) is 18.3. The Morgan fingerprint density at radius 2 is 2.24 bits per heavy atom. The molecule has 1 fully saturated rings. The van der Waals surface area contributed by atoms with Crippen molar-refractivity contribution < 1.29 is 9.90 Å². The number of piperidine rings is 1. The Morgan fingerprint density at radius 1 is 1.48 bits per heavy atom. The van der Waals surface area contributed by atoms with E-state index < -0.39 is 5.60 Å². The Morgan fingerprint density at radius 3 is 2.96 bits per heavy atom. The van der Waals surface area contributed by atoms with Crippen LogP contribution in [0.15, 0.2) is 24.3 Å². The molecule has 1 unspecified atom stereocenters. The summed E-state index contributed by atoms with van der Waals surface area (Å²) < 4.78 is 0. The molecule has 1 amide bonds. The number of carbonyl (C=O) groups is 1. The van der Waals surface area contributed by atoms with Crippen molar-refractivity contribution in [2.45, 2.75) is 31.8 Å². The van der Waals surface area contributed by atoms with Crippen LogP contribution < -0.4 is 10.2 Å². The third-order valence-corrected chi connectivity index (χ3v) is 4.87. The lowest BCUT2D eigenvalue weighted by atomic mass is 9.89. The number of fused-ring (bicyclic) bond motifs is 1. The van der Waals surface area contributed by atoms with Gasteiger partial charge in [0.15, 0.2) is 0 Å². The molecule has 0 bridgehead atoms. The summed E-state index contributed by atoms with van der Waals surface area (Å²) in [5.41, 5.74) is 1.15. The highest BCUT2D eigenvalue weighted by Crippen LogP contribution is 2.32. The summed E-state index contributed by atoms with van der Waals surface area (Å²) in [6.45, 7) is 2.92. The lowest BCUT2D eigenvalue weighted by molar-refractivity contribution is -0.125. The van der Waals surface area contributed by atoms with Gasteiger partial charge < -0.3 is 15.3 Å². The number of hydrogen-bond donors (Lipinski definition) is 2. The molecule has 1 atom stereocenters. The Kier molecular flexibility index (Phi) is 4.60. The van der Waals surface area contributed by atoms with Crippen LogP contribution in [0.25, 0.3) is 10.9 Å². The van der Waals surface area contributed by atoms with Crippen LogP contribution in [0.1, 0.15) is 30.4 Å². The van der Waals surface area contributed by atoms with Gasteiger partial charge in [0.2, 0.25) is 5.91 Å². The molecule has 3 rings (SSSR count). The van der Waals surface area contributed by atoms with Gasteiger partial charge in [-0.05, 0) is 31.4 Å². The summed E-state index contributed by atoms with van der Waals surface area (Å²) in [6, 6.07) is 10.0. The van der Waals surface area contributed by atoms with Gasteiger partial charge in [-0.25, -0.2) is 4.98 Å². The van der Waals surface area contributed by atoms with E-state index in [0.29, 0.717) is 30.9 Å². The fourth-order valence-electron chi connectivity index (χ4n) is 3.55. The number of amides is 1. The number of carbonyl (C=O) groups excluding carboxylic acids is 1. The van der Waals surface area contributed by atoms with Crippen molar-refractivity contribution in [3.05, 3.63) is 35.4 Å². The second-order valence-corrected chi connectivity index (χ2v) is 6.66. The van der Waals surface area contributed by atoms with Crippen molar-refractivity contribution in [1.82, 2.24) is 10.3 Å². The Labute approximate surface area is 147 Å². The molecule has 1 aliphatic heterocycles. The van der Waals surface area contributed by atoms with E-state index in [-0.39, 0.29) is 12.3 Å². The first-order chi connectivity index (χ1) is 12.0. The Bertz CT molecular complexity index is 858. The number of para-hydroxylation sites is 1. The predicted octanol–water partition coefficient (Wildman–Crippen LogP) is 1.88. The SMILES string of the molecule is CNC(=O)CC1(O)CCCN(c2nc3ccccc3c(C)c2C#N)C1. The number of aromatic nitrogens is 1. The minimum absolute atomic E-state index is 0.0500. The monoisotopic (exact) mass is 338 g/mol. The van der Waals surface area contributed by atoms with Crippen molar-refractivity contribution in [3.63, 3.8) is 0 Å². The largest absolute Gasteiger partial charge is 0.388 e. The van der Waals surface area contributed by atoms with Crippen molar-refractivity contribution in [2.75, 3.05) is 25.0 Å². The fraction of sp³-hybridized carbons (Fsp3) is 0.421. The molecule has 1 aromatic heterocycles. The number of anilines is 1. The van der Waals surface area contributed by atoms with E-state index in [1.165, 1.54) is 0 Å². The van der Waals surface area contributed by atoms with E-state index in [1.807, 2.05) is 36.1 Å². The molecule has 0 radical (unpaired) electrons. The number of nitriles is 1. The van der Waals surface area contributed by atoms with Gasteiger partial charge in [0.1, 0.15) is 11.9 Å². The molecule has 1 aromatic carbocycles. The molecule has 0 spiro atoms. The average molecular weight is 338 g/mol. The smallest absolute Gasteiger partial charge is 0.222 e. The first-order valence-electron chi connectivity index (χ1n) is 8.45. The molecule has 6 nitrogen and oxygen atoms in total. The highest BCUT2D eigenvalue weighted by atomic mass is 16.3. The van der Waals surface area contributed by atoms with Gasteiger partial charge in [-0.15, -0.1) is 0 Å². The first-order valence-corrected chi connectivity index (χ1v) is 8.45. The van der Waals surface area contributed by atoms with Gasteiger partial charge in [0.25, 0.3) is 0 Å². The van der Waals surface area contributed by atoms with Crippen LogP contribution in [0.5, 0.6) is 0 Å². The molecule has 2 aromatic rings. The van der Waals surface area contributed by atoms with Gasteiger partial charge in [-0.2, -0.15) is 5.26 Å². The van der Waals surface area contributed by atoms with Crippen molar-refractivity contribution in [1.29, 1.82) is 5.26 Å². The molecule has 6 heteroatoms. The van der Waals surface area contributed by atoms with Crippen molar-refractivity contribution in [3.8, 4) is 6.07 Å². The lowest BCUT2D eigenvalue weighted by Gasteiger charge is -2.40. The molecule has 25 heavy (non-hydrogen) atoms. The highest BCUT2D eigenvalue weighted by Gasteiger charge is 2.36. The topological polar surface area (TPSA) is 89.2 Å². The summed E-state index contributed by atoms with van der Waals surface area (Å²) in [7, 11) is 1.56. The zero-order valence-corrected chi connectivity index (χ0v) is 14.5. The minimum atomic E-state index is -1.10. The number of aryl methyl sites for hydroxylation is 1. The molecule has 2 N–H and O–H groups in total. The Balaban J connectivity index is 2.01. The van der Waals surface area contributed by atoms with Crippen LogP contribution in [0, 0.1) is 18.3 Å². The minimum Gasteiger partial charge on any atom is -0.388 e. The molecule has 0 saturated carbocycles. The molecule has 1 saturated heterocycles. The summed E-state index contributed by atoms with van der Waals surface area (Å²) in [5.74, 6) is 0.404. The maximum Gasteiger partial charge on any atom is 0.222 e. The average Bonchev–Trinajstić information content (AvgIpc) is 2.61. The number of nitrogens with zero attached hydrogens (tertiary/aromatic N) is 3. The quantitative estimate of drug-likeness (QED) is 0.892. The normalized spacial score (nSPS) is 20.3. The van der Waals surface area contributed by atoms with Crippen LogP contribution in [-0.4, -0.2) is 41.7 Å². The van der Waals surface area contributed by atoms with Crippen LogP contribution in [0.2, 0.25) is 0 Å². The third-order valence-electron chi connectivity index (χ3n) is 4.87. The van der Waals surface area contributed by atoms with Gasteiger partial charge in [0.05, 0.1) is 23.1 Å². The maximum atomic E-state index is 11.7. The standard InChI is InChI=1S/C19H22N4O2/c1-13-14-6-3-4-7-16(14)22-18(15(13)11-20)23-9-5-8-19(25,12-23)10-17(24)21-2/h3-4,6-7,25H,5,8-10,12H2,1-2H3,(H,21,24). The van der Waals surface area contributed by atoms with E-state index in [2.05, 4.69) is 16.4 Å². The summed E-state index contributed by atoms with van der Waals surface area (Å²) >= 11 is 0. The third kappa shape index (κ3) is 3.28. The number of hydrogen-bond acceptors (Lipinski definition) is 5. The van der Waals surface area contributed by atoms with Gasteiger partial charge in [-0.3, -0.25) is 4.79 Å². The van der Waals surface area contributed by atoms with E-state index >= 15 is 0 Å². The summed E-state index contributed by atoms with van der Waals surface area (Å²) in [5, 5.41) is 24.0. The predicted molar refractivity (Wildman–Crippen MR) is 96.3 cm³/mol. The molecule has 2 heterocycles. The molecular weight excluding hydrogens is 316 g/mol. The van der Waals surface area contributed by atoms with E-state index in [0.717, 1.165) is 22.9 Å². The Hall–Kier alpha value is -2.65. The van der Waals surface area contributed by atoms with Crippen molar-refractivity contribution in [2.24, 2.45) is 0 Å². The van der Waals surface area contributed by atoms with E-state index in [1.54, 1.807) is 7.05 Å². The zero-order chi connectivity index (χ0) is 18.0. The zero-order valence-electron chi connectivity index (χ0n) is 14.5. The second kappa shape index (κ2) is 6.69. The van der Waals surface area contributed by atoms with Gasteiger partial charge >= 0.3 is 0 Å². The first kappa shape index (κ1) is 17.2. The van der Waals surface area contributed by atoms with Crippen LogP contribution in [0.4, 0.5) is 5.82 Å². The molecular formula is C19H22N4O2. The van der Waals surface area contributed by atoms with Gasteiger partial charge in [-0.1, -0.05) is 18.2 Å². The van der Waals surface area contributed by atoms with E-state index in [9.17, 15) is 15.2 Å². The summed E-state index contributed by atoms with van der Waals surface area (Å²) in [6.07, 6.45) is 1.35. The van der Waals surface area contributed by atoms with Crippen LogP contribution in [0.3, 0.4) is 0 Å². The molecule has 0 aliphatic carbocycles. The fourth-order valence-corrected chi connectivity index (χ4v) is 3.55. The van der Waals surface area contributed by atoms with E-state index in [4.69, 9.17) is 0 Å². The number of β-amino-alcohol motifs (C(OH)–C–C–N with tert-alkyl or cyclic N) is 1. The highest BCUT2D eigenvalue weighted by molar-refractivity contribution is 5.87. The molecule has 130 valence electrons. The number of rotatable bonds is 3. The number of nitrogens with one attached hydrogen (secondary N) is 1. The van der Waals surface area contributed by atoms with Crippen LogP contribution >= 0.6 is 0 Å². The van der Waals surface area contributed by atoms with Crippen molar-refractivity contribution >= 4 is 22.6 Å². The molecule has 1 aliphatic rings. The lowest BCUT2D eigenvalue weighted by Crippen LogP contribution is -2.50. The number of benzene rings is 1. The second-order valence-electron chi connectivity index (χ2n) is 6.66. The van der Waals surface area contributed by atoms with Gasteiger partial charge in [0, 0.05) is 25.5 Å². The number of pyridine rings is 1. The number of aliphatic hydroxyl groups is 1. The maximum absolute atomic E-state index is 11.7. The van der Waals surface area contributed by atoms with Crippen LogP contribution in [-0.2, 0) is 4.79 Å².